The molecule has 3 rings (SSSR count). The van der Waals surface area contributed by atoms with Gasteiger partial charge in [0.1, 0.15) is 5.75 Å². The predicted octanol–water partition coefficient (Wildman–Crippen LogP) is 3.72. The number of carbonyl (C=O) groups excluding carboxylic acids is 2. The van der Waals surface area contributed by atoms with Crippen molar-refractivity contribution in [3.63, 3.8) is 0 Å². The molecule has 6 heteroatoms. The van der Waals surface area contributed by atoms with Crippen LogP contribution in [0.2, 0.25) is 5.02 Å². The van der Waals surface area contributed by atoms with E-state index in [1.54, 1.807) is 11.0 Å². The van der Waals surface area contributed by atoms with E-state index in [1.165, 1.54) is 5.56 Å². The van der Waals surface area contributed by atoms with Gasteiger partial charge in [-0.05, 0) is 49.1 Å². The molecule has 0 spiro atoms. The Hall–Kier alpha value is -2.53. The number of nitrogens with zero attached hydrogens (tertiary/aromatic N) is 2. The lowest BCUT2D eigenvalue weighted by atomic mass is 10.1. The fourth-order valence-electron chi connectivity index (χ4n) is 3.47. The monoisotopic (exact) mass is 414 g/mol. The Kier molecular flexibility index (Phi) is 7.53. The summed E-state index contributed by atoms with van der Waals surface area (Å²) in [4.78, 5) is 28.4. The Labute approximate surface area is 177 Å². The second-order valence-electron chi connectivity index (χ2n) is 7.35. The second kappa shape index (κ2) is 10.3. The molecule has 0 N–H and O–H groups in total. The smallest absolute Gasteiger partial charge is 0.260 e. The first-order valence-corrected chi connectivity index (χ1v) is 10.4. The molecular formula is C23H27ClN2O3. The van der Waals surface area contributed by atoms with Crippen molar-refractivity contribution in [1.29, 1.82) is 0 Å². The highest BCUT2D eigenvalue weighted by Gasteiger charge is 2.24. The van der Waals surface area contributed by atoms with E-state index in [0.29, 0.717) is 43.4 Å². The van der Waals surface area contributed by atoms with E-state index in [-0.39, 0.29) is 18.4 Å². The highest BCUT2D eigenvalue weighted by molar-refractivity contribution is 6.30. The van der Waals surface area contributed by atoms with E-state index in [2.05, 4.69) is 12.1 Å². The third-order valence-corrected chi connectivity index (χ3v) is 5.28. The lowest BCUT2D eigenvalue weighted by Crippen LogP contribution is -2.51. The SMILES string of the molecule is Cc1cc(Cl)cc(OCC(=O)N2CCN(C(=O)CCCc3ccccc3)CC2)c1. The van der Waals surface area contributed by atoms with Crippen molar-refractivity contribution in [3.8, 4) is 5.75 Å². The molecule has 1 fully saturated rings. The molecule has 0 aromatic heterocycles. The second-order valence-corrected chi connectivity index (χ2v) is 7.79. The summed E-state index contributed by atoms with van der Waals surface area (Å²) in [5.74, 6) is 0.688. The number of piperazine rings is 1. The topological polar surface area (TPSA) is 49.9 Å². The van der Waals surface area contributed by atoms with Gasteiger partial charge in [-0.1, -0.05) is 41.9 Å². The molecule has 1 heterocycles. The van der Waals surface area contributed by atoms with Gasteiger partial charge in [0.05, 0.1) is 0 Å². The van der Waals surface area contributed by atoms with Gasteiger partial charge in [-0.2, -0.15) is 0 Å². The largest absolute Gasteiger partial charge is 0.484 e. The fraction of sp³-hybridized carbons (Fsp3) is 0.391. The van der Waals surface area contributed by atoms with Crippen LogP contribution in [0.4, 0.5) is 0 Å². The van der Waals surface area contributed by atoms with Crippen LogP contribution in [-0.2, 0) is 16.0 Å². The van der Waals surface area contributed by atoms with Crippen molar-refractivity contribution in [3.05, 3.63) is 64.7 Å². The van der Waals surface area contributed by atoms with Gasteiger partial charge in [-0.3, -0.25) is 9.59 Å². The van der Waals surface area contributed by atoms with Crippen molar-refractivity contribution in [2.75, 3.05) is 32.8 Å². The first kappa shape index (κ1) is 21.2. The molecule has 0 bridgehead atoms. The van der Waals surface area contributed by atoms with E-state index in [9.17, 15) is 9.59 Å². The van der Waals surface area contributed by atoms with Crippen LogP contribution >= 0.6 is 11.6 Å². The number of ether oxygens (including phenoxy) is 1. The van der Waals surface area contributed by atoms with Gasteiger partial charge in [-0.15, -0.1) is 0 Å². The lowest BCUT2D eigenvalue weighted by Gasteiger charge is -2.34. The molecule has 29 heavy (non-hydrogen) atoms. The van der Waals surface area contributed by atoms with Crippen molar-refractivity contribution in [2.45, 2.75) is 26.2 Å². The summed E-state index contributed by atoms with van der Waals surface area (Å²) in [5, 5.41) is 0.590. The number of carbonyl (C=O) groups is 2. The summed E-state index contributed by atoms with van der Waals surface area (Å²) in [6, 6.07) is 15.6. The van der Waals surface area contributed by atoms with Crippen LogP contribution in [0.25, 0.3) is 0 Å². The zero-order chi connectivity index (χ0) is 20.6. The Bertz CT molecular complexity index is 813. The molecule has 0 atom stereocenters. The number of benzene rings is 2. The minimum absolute atomic E-state index is 0.0230. The number of amides is 2. The molecule has 1 aliphatic rings. The summed E-state index contributed by atoms with van der Waals surface area (Å²) in [7, 11) is 0. The predicted molar refractivity (Wildman–Crippen MR) is 114 cm³/mol. The molecule has 1 saturated heterocycles. The van der Waals surface area contributed by atoms with Gasteiger partial charge in [0, 0.05) is 37.6 Å². The molecule has 0 unspecified atom stereocenters. The Morgan fingerprint density at radius 2 is 1.62 bits per heavy atom. The first-order chi connectivity index (χ1) is 14.0. The van der Waals surface area contributed by atoms with Gasteiger partial charge < -0.3 is 14.5 Å². The van der Waals surface area contributed by atoms with Gasteiger partial charge in [0.25, 0.3) is 5.91 Å². The number of hydrogen-bond acceptors (Lipinski definition) is 3. The maximum atomic E-state index is 12.4. The van der Waals surface area contributed by atoms with Crippen LogP contribution in [-0.4, -0.2) is 54.4 Å². The van der Waals surface area contributed by atoms with Crippen LogP contribution in [0, 0.1) is 6.92 Å². The average Bonchev–Trinajstić information content (AvgIpc) is 2.72. The Morgan fingerprint density at radius 3 is 2.28 bits per heavy atom. The molecule has 154 valence electrons. The summed E-state index contributed by atoms with van der Waals surface area (Å²) in [6.45, 7) is 4.14. The first-order valence-electron chi connectivity index (χ1n) is 10.0. The van der Waals surface area contributed by atoms with E-state index < -0.39 is 0 Å². The molecule has 0 radical (unpaired) electrons. The zero-order valence-electron chi connectivity index (χ0n) is 16.8. The van der Waals surface area contributed by atoms with E-state index in [1.807, 2.05) is 42.2 Å². The molecule has 5 nitrogen and oxygen atoms in total. The third kappa shape index (κ3) is 6.50. The maximum absolute atomic E-state index is 12.4. The van der Waals surface area contributed by atoms with E-state index in [0.717, 1.165) is 18.4 Å². The summed E-state index contributed by atoms with van der Waals surface area (Å²) in [5.41, 5.74) is 2.24. The number of aryl methyl sites for hydroxylation is 2. The summed E-state index contributed by atoms with van der Waals surface area (Å²) < 4.78 is 5.60. The van der Waals surface area contributed by atoms with Crippen molar-refractivity contribution >= 4 is 23.4 Å². The lowest BCUT2D eigenvalue weighted by molar-refractivity contribution is -0.140. The van der Waals surface area contributed by atoms with E-state index in [4.69, 9.17) is 16.3 Å². The summed E-state index contributed by atoms with van der Waals surface area (Å²) in [6.07, 6.45) is 2.29. The van der Waals surface area contributed by atoms with Crippen LogP contribution in [0.15, 0.2) is 48.5 Å². The van der Waals surface area contributed by atoms with Gasteiger partial charge in [0.2, 0.25) is 5.91 Å². The number of rotatable bonds is 7. The molecule has 1 aliphatic heterocycles. The minimum atomic E-state index is -0.0706. The molecule has 0 aliphatic carbocycles. The third-order valence-electron chi connectivity index (χ3n) is 5.06. The average molecular weight is 415 g/mol. The molecule has 2 amide bonds. The Morgan fingerprint density at radius 1 is 0.966 bits per heavy atom. The standard InChI is InChI=1S/C23H27ClN2O3/c1-18-14-20(24)16-21(15-18)29-17-23(28)26-12-10-25(11-13-26)22(27)9-5-8-19-6-3-2-4-7-19/h2-4,6-7,14-16H,5,8-13,17H2,1H3. The van der Waals surface area contributed by atoms with Gasteiger partial charge >= 0.3 is 0 Å². The number of hydrogen-bond donors (Lipinski definition) is 0. The number of halogens is 1. The molecule has 2 aromatic rings. The fourth-order valence-corrected chi connectivity index (χ4v) is 3.75. The van der Waals surface area contributed by atoms with Gasteiger partial charge in [0.15, 0.2) is 6.61 Å². The van der Waals surface area contributed by atoms with Crippen molar-refractivity contribution in [1.82, 2.24) is 9.80 Å². The highest BCUT2D eigenvalue weighted by Crippen LogP contribution is 2.20. The highest BCUT2D eigenvalue weighted by atomic mass is 35.5. The van der Waals surface area contributed by atoms with Gasteiger partial charge in [-0.25, -0.2) is 0 Å². The molecule has 2 aromatic carbocycles. The molecular weight excluding hydrogens is 388 g/mol. The van der Waals surface area contributed by atoms with Crippen molar-refractivity contribution < 1.29 is 14.3 Å². The summed E-state index contributed by atoms with van der Waals surface area (Å²) >= 11 is 6.02. The van der Waals surface area contributed by atoms with E-state index >= 15 is 0 Å². The zero-order valence-corrected chi connectivity index (χ0v) is 17.5. The maximum Gasteiger partial charge on any atom is 0.260 e. The van der Waals surface area contributed by atoms with Crippen LogP contribution in [0.1, 0.15) is 24.0 Å². The minimum Gasteiger partial charge on any atom is -0.484 e. The van der Waals surface area contributed by atoms with Crippen LogP contribution in [0.3, 0.4) is 0 Å². The van der Waals surface area contributed by atoms with Crippen LogP contribution < -0.4 is 4.74 Å². The van der Waals surface area contributed by atoms with Crippen molar-refractivity contribution in [2.24, 2.45) is 0 Å². The van der Waals surface area contributed by atoms with Crippen LogP contribution in [0.5, 0.6) is 5.75 Å². The normalized spacial score (nSPS) is 14.0. The Balaban J connectivity index is 1.37. The quantitative estimate of drug-likeness (QED) is 0.693. The molecule has 0 saturated carbocycles.